The van der Waals surface area contributed by atoms with Crippen LogP contribution in [-0.2, 0) is 23.9 Å². The number of nitro benzene ring substituents is 1. The number of likely N-dealkylation sites (tertiary alicyclic amines) is 1. The van der Waals surface area contributed by atoms with Gasteiger partial charge in [0.25, 0.3) is 11.6 Å². The number of fused-ring (bicyclic) bond motifs is 1. The van der Waals surface area contributed by atoms with Crippen molar-refractivity contribution in [3.05, 3.63) is 34.4 Å². The second-order valence-electron chi connectivity index (χ2n) is 7.00. The molecule has 0 aromatic heterocycles. The molecule has 3 rings (SSSR count). The number of carbonyl (C=O) groups excluding carboxylic acids is 4. The second kappa shape index (κ2) is 9.21. The summed E-state index contributed by atoms with van der Waals surface area (Å²) < 4.78 is 4.86. The Morgan fingerprint density at radius 2 is 1.77 bits per heavy atom. The van der Waals surface area contributed by atoms with E-state index in [0.717, 1.165) is 11.0 Å². The molecular formula is C18H17Br2N3O7. The summed E-state index contributed by atoms with van der Waals surface area (Å²) in [4.78, 5) is 60.2. The molecular weight excluding hydrogens is 530 g/mol. The molecule has 1 aromatic carbocycles. The molecule has 1 saturated heterocycles. The third-order valence-corrected chi connectivity index (χ3v) is 7.73. The highest BCUT2D eigenvalue weighted by atomic mass is 79.9. The molecule has 10 nitrogen and oxygen atoms in total. The van der Waals surface area contributed by atoms with E-state index >= 15 is 0 Å². The van der Waals surface area contributed by atoms with E-state index in [4.69, 9.17) is 4.74 Å². The van der Waals surface area contributed by atoms with Crippen LogP contribution in [0.2, 0.25) is 0 Å². The maximum absolute atomic E-state index is 12.5. The summed E-state index contributed by atoms with van der Waals surface area (Å²) in [6, 6.07) is 5.29. The summed E-state index contributed by atoms with van der Waals surface area (Å²) in [5.41, 5.74) is -0.0263. The molecule has 1 saturated carbocycles. The molecule has 1 heterocycles. The number of esters is 1. The van der Waals surface area contributed by atoms with Gasteiger partial charge in [-0.25, -0.2) is 0 Å². The zero-order chi connectivity index (χ0) is 22.0. The smallest absolute Gasteiger partial charge is 0.326 e. The van der Waals surface area contributed by atoms with Gasteiger partial charge in [-0.05, 0) is 18.9 Å². The number of non-ortho nitro benzene ring substituents is 1. The molecule has 160 valence electrons. The highest BCUT2D eigenvalue weighted by Gasteiger charge is 2.52. The molecule has 0 unspecified atom stereocenters. The van der Waals surface area contributed by atoms with E-state index < -0.39 is 53.6 Å². The molecule has 2 aliphatic rings. The molecule has 0 bridgehead atoms. The van der Waals surface area contributed by atoms with Crippen molar-refractivity contribution in [3.8, 4) is 0 Å². The Bertz CT molecular complexity index is 882. The van der Waals surface area contributed by atoms with Crippen LogP contribution in [0.1, 0.15) is 12.8 Å². The summed E-state index contributed by atoms with van der Waals surface area (Å²) in [6.07, 6.45) is 0.977. The number of benzene rings is 1. The summed E-state index contributed by atoms with van der Waals surface area (Å²) in [5, 5.41) is 13.1. The van der Waals surface area contributed by atoms with Gasteiger partial charge in [-0.15, -0.1) is 0 Å². The van der Waals surface area contributed by atoms with Crippen LogP contribution >= 0.6 is 31.9 Å². The molecule has 1 aromatic rings. The van der Waals surface area contributed by atoms with Crippen LogP contribution in [0.15, 0.2) is 24.3 Å². The number of halogens is 2. The lowest BCUT2D eigenvalue weighted by Crippen LogP contribution is -2.37. The Morgan fingerprint density at radius 3 is 2.33 bits per heavy atom. The molecule has 1 aliphatic carbocycles. The van der Waals surface area contributed by atoms with Crippen LogP contribution in [0.5, 0.6) is 0 Å². The van der Waals surface area contributed by atoms with E-state index in [9.17, 15) is 29.3 Å². The van der Waals surface area contributed by atoms with E-state index in [1.165, 1.54) is 18.2 Å². The first kappa shape index (κ1) is 22.3. The molecule has 30 heavy (non-hydrogen) atoms. The van der Waals surface area contributed by atoms with E-state index in [1.54, 1.807) is 0 Å². The fourth-order valence-corrected chi connectivity index (χ4v) is 4.77. The lowest BCUT2D eigenvalue weighted by molar-refractivity contribution is -0.384. The Morgan fingerprint density at radius 1 is 1.17 bits per heavy atom. The van der Waals surface area contributed by atoms with Crippen LogP contribution in [0.4, 0.5) is 11.4 Å². The number of nitrogens with zero attached hydrogens (tertiary/aromatic N) is 2. The third-order valence-electron chi connectivity index (χ3n) is 5.00. The molecule has 1 N–H and O–H groups in total. The average Bonchev–Trinajstić information content (AvgIpc) is 2.91. The van der Waals surface area contributed by atoms with Crippen molar-refractivity contribution in [1.82, 2.24) is 4.90 Å². The number of imide groups is 1. The van der Waals surface area contributed by atoms with Gasteiger partial charge < -0.3 is 10.1 Å². The van der Waals surface area contributed by atoms with Crippen molar-refractivity contribution in [1.29, 1.82) is 0 Å². The maximum Gasteiger partial charge on any atom is 0.326 e. The number of amides is 3. The van der Waals surface area contributed by atoms with Crippen molar-refractivity contribution in [2.45, 2.75) is 22.5 Å². The van der Waals surface area contributed by atoms with Gasteiger partial charge in [0.15, 0.2) is 6.61 Å². The van der Waals surface area contributed by atoms with Crippen LogP contribution < -0.4 is 5.32 Å². The Hall–Kier alpha value is -2.34. The van der Waals surface area contributed by atoms with Gasteiger partial charge in [0.2, 0.25) is 11.8 Å². The Balaban J connectivity index is 1.51. The molecule has 3 amide bonds. The summed E-state index contributed by atoms with van der Waals surface area (Å²) in [7, 11) is 0. The zero-order valence-corrected chi connectivity index (χ0v) is 18.6. The Kier molecular flexibility index (Phi) is 6.86. The number of nitro groups is 1. The monoisotopic (exact) mass is 545 g/mol. The zero-order valence-electron chi connectivity index (χ0n) is 15.5. The van der Waals surface area contributed by atoms with Crippen molar-refractivity contribution >= 4 is 66.9 Å². The highest BCUT2D eigenvalue weighted by molar-refractivity contribution is 9.12. The van der Waals surface area contributed by atoms with Gasteiger partial charge >= 0.3 is 5.97 Å². The number of hydrogen-bond acceptors (Lipinski definition) is 7. The first-order chi connectivity index (χ1) is 14.2. The number of carbonyl (C=O) groups is 4. The van der Waals surface area contributed by atoms with E-state index in [2.05, 4.69) is 37.2 Å². The first-order valence-corrected chi connectivity index (χ1v) is 10.8. The maximum atomic E-state index is 12.5. The predicted octanol–water partition coefficient (Wildman–Crippen LogP) is 2.00. The average molecular weight is 547 g/mol. The number of nitrogens with one attached hydrogen (secondary N) is 1. The number of anilines is 1. The van der Waals surface area contributed by atoms with Crippen molar-refractivity contribution in [2.24, 2.45) is 11.8 Å². The Labute approximate surface area is 187 Å². The molecule has 12 heteroatoms. The molecule has 0 radical (unpaired) electrons. The summed E-state index contributed by atoms with van der Waals surface area (Å²) >= 11 is 6.97. The number of hydrogen-bond donors (Lipinski definition) is 1. The first-order valence-electron chi connectivity index (χ1n) is 9.00. The van der Waals surface area contributed by atoms with E-state index in [0.29, 0.717) is 12.8 Å². The summed E-state index contributed by atoms with van der Waals surface area (Å²) in [6.45, 7) is -1.22. The van der Waals surface area contributed by atoms with Crippen LogP contribution in [0.25, 0.3) is 0 Å². The molecule has 1 aliphatic heterocycles. The van der Waals surface area contributed by atoms with Gasteiger partial charge in [0.1, 0.15) is 6.54 Å². The lowest BCUT2D eigenvalue weighted by atomic mass is 9.81. The topological polar surface area (TPSA) is 136 Å². The molecule has 4 atom stereocenters. The standard InChI is InChI=1S/C18H17Br2N3O7/c19-13-5-11-12(6-14(13)20)18(27)22(17(11)26)7-16(25)30-8-15(24)21-9-2-1-3-10(4-9)23(28)29/h1-4,11-14H,5-8H2,(H,21,24)/t11-,12+,13-,14-/m0/s1. The molecule has 2 fully saturated rings. The minimum Gasteiger partial charge on any atom is -0.454 e. The van der Waals surface area contributed by atoms with Crippen molar-refractivity contribution in [2.75, 3.05) is 18.5 Å². The number of alkyl halides is 2. The van der Waals surface area contributed by atoms with E-state index in [1.807, 2.05) is 0 Å². The van der Waals surface area contributed by atoms with Gasteiger partial charge in [-0.1, -0.05) is 37.9 Å². The van der Waals surface area contributed by atoms with Crippen molar-refractivity contribution in [3.63, 3.8) is 0 Å². The fraction of sp³-hybridized carbons (Fsp3) is 0.444. The quantitative estimate of drug-likeness (QED) is 0.189. The molecule has 0 spiro atoms. The van der Waals surface area contributed by atoms with Gasteiger partial charge in [0.05, 0.1) is 16.8 Å². The van der Waals surface area contributed by atoms with Crippen LogP contribution in [0, 0.1) is 22.0 Å². The minimum absolute atomic E-state index is 0.0555. The lowest BCUT2D eigenvalue weighted by Gasteiger charge is -2.29. The second-order valence-corrected chi connectivity index (χ2v) is 9.35. The van der Waals surface area contributed by atoms with E-state index in [-0.39, 0.29) is 21.0 Å². The highest BCUT2D eigenvalue weighted by Crippen LogP contribution is 2.43. The fourth-order valence-electron chi connectivity index (χ4n) is 3.53. The number of rotatable bonds is 6. The van der Waals surface area contributed by atoms with Crippen LogP contribution in [-0.4, -0.2) is 56.3 Å². The SMILES string of the molecule is O=C(COC(=O)CN1C(=O)[C@H]2C[C@H](Br)[C@@H](Br)C[C@H]2C1=O)Nc1cccc([N+](=O)[O-])c1. The van der Waals surface area contributed by atoms with Crippen LogP contribution in [0.3, 0.4) is 0 Å². The summed E-state index contributed by atoms with van der Waals surface area (Å²) in [5.74, 6) is -3.36. The third kappa shape index (κ3) is 4.86. The normalized spacial score (nSPS) is 25.6. The predicted molar refractivity (Wildman–Crippen MR) is 111 cm³/mol. The minimum atomic E-state index is -0.893. The largest absolute Gasteiger partial charge is 0.454 e. The van der Waals surface area contributed by atoms with Crippen molar-refractivity contribution < 1.29 is 28.8 Å². The van der Waals surface area contributed by atoms with Gasteiger partial charge in [-0.2, -0.15) is 0 Å². The number of ether oxygens (including phenoxy) is 1. The van der Waals surface area contributed by atoms with Gasteiger partial charge in [-0.3, -0.25) is 34.2 Å². The van der Waals surface area contributed by atoms with Gasteiger partial charge in [0, 0.05) is 27.5 Å².